The number of amides is 1. The van der Waals surface area contributed by atoms with Crippen LogP contribution in [0.5, 0.6) is 11.5 Å². The van der Waals surface area contributed by atoms with E-state index in [-0.39, 0.29) is 5.91 Å². The van der Waals surface area contributed by atoms with Gasteiger partial charge >= 0.3 is 0 Å². The highest BCUT2D eigenvalue weighted by Gasteiger charge is 2.14. The predicted octanol–water partition coefficient (Wildman–Crippen LogP) is 4.04. The van der Waals surface area contributed by atoms with Crippen molar-refractivity contribution in [3.8, 4) is 22.8 Å². The normalized spacial score (nSPS) is 13.1. The number of benzene rings is 2. The van der Waals surface area contributed by atoms with Crippen molar-refractivity contribution < 1.29 is 18.7 Å². The van der Waals surface area contributed by atoms with E-state index in [1.54, 1.807) is 18.2 Å². The van der Waals surface area contributed by atoms with Crippen LogP contribution in [0.2, 0.25) is 0 Å². The first-order valence-corrected chi connectivity index (χ1v) is 8.61. The third-order valence-corrected chi connectivity index (χ3v) is 4.15. The van der Waals surface area contributed by atoms with Gasteiger partial charge in [0, 0.05) is 17.5 Å². The molecular weight excluding hydrogens is 330 g/mol. The fourth-order valence-electron chi connectivity index (χ4n) is 2.80. The third kappa shape index (κ3) is 3.57. The van der Waals surface area contributed by atoms with Gasteiger partial charge in [-0.25, -0.2) is 0 Å². The Morgan fingerprint density at radius 2 is 1.73 bits per heavy atom. The third-order valence-electron chi connectivity index (χ3n) is 4.15. The number of nitrogens with one attached hydrogen (secondary N) is 1. The molecule has 0 radical (unpaired) electrons. The van der Waals surface area contributed by atoms with Gasteiger partial charge in [0.15, 0.2) is 11.5 Å². The maximum absolute atomic E-state index is 12.4. The van der Waals surface area contributed by atoms with E-state index in [1.807, 2.05) is 42.5 Å². The molecule has 0 unspecified atom stereocenters. The number of ether oxygens (including phenoxy) is 2. The molecule has 1 aliphatic rings. The largest absolute Gasteiger partial charge is 0.490 e. The summed E-state index contributed by atoms with van der Waals surface area (Å²) in [7, 11) is 0. The summed E-state index contributed by atoms with van der Waals surface area (Å²) < 4.78 is 17.0. The lowest BCUT2D eigenvalue weighted by molar-refractivity contribution is 0.0947. The molecule has 1 N–H and O–H groups in total. The maximum atomic E-state index is 12.4. The number of carbonyl (C=O) groups is 1. The summed E-state index contributed by atoms with van der Waals surface area (Å²) in [5.74, 6) is 2.59. The number of carbonyl (C=O) groups excluding carboxylic acids is 1. The lowest BCUT2D eigenvalue weighted by Crippen LogP contribution is -2.22. The Balaban J connectivity index is 1.41. The molecule has 26 heavy (non-hydrogen) atoms. The van der Waals surface area contributed by atoms with Crippen LogP contribution in [0.15, 0.2) is 65.1 Å². The standard InChI is InChI=1S/C21H19NO4/c23-21(16-7-9-19-20(13-16)25-12-4-11-24-19)22-14-17-8-10-18(26-17)15-5-2-1-3-6-15/h1-3,5-10,13H,4,11-12,14H2,(H,22,23). The molecule has 1 aliphatic heterocycles. The van der Waals surface area contributed by atoms with Gasteiger partial charge in [0.2, 0.25) is 0 Å². The number of furan rings is 1. The minimum Gasteiger partial charge on any atom is -0.490 e. The van der Waals surface area contributed by atoms with Gasteiger partial charge in [0.1, 0.15) is 11.5 Å². The SMILES string of the molecule is O=C(NCc1ccc(-c2ccccc2)o1)c1ccc2c(c1)OCCCO2. The van der Waals surface area contributed by atoms with Crippen molar-refractivity contribution in [3.05, 3.63) is 72.0 Å². The Hall–Kier alpha value is -3.21. The molecule has 0 saturated carbocycles. The van der Waals surface area contributed by atoms with Gasteiger partial charge in [0.05, 0.1) is 19.8 Å². The molecule has 0 spiro atoms. The highest BCUT2D eigenvalue weighted by atomic mass is 16.5. The van der Waals surface area contributed by atoms with Crippen LogP contribution < -0.4 is 14.8 Å². The molecule has 132 valence electrons. The second-order valence-corrected chi connectivity index (χ2v) is 6.03. The zero-order valence-corrected chi connectivity index (χ0v) is 14.2. The van der Waals surface area contributed by atoms with Gasteiger partial charge in [0.25, 0.3) is 5.91 Å². The van der Waals surface area contributed by atoms with Crippen molar-refractivity contribution in [3.63, 3.8) is 0 Å². The molecule has 1 amide bonds. The van der Waals surface area contributed by atoms with E-state index < -0.39 is 0 Å². The summed E-state index contributed by atoms with van der Waals surface area (Å²) >= 11 is 0. The summed E-state index contributed by atoms with van der Waals surface area (Å²) in [6.45, 7) is 1.54. The Labute approximate surface area is 151 Å². The fourth-order valence-corrected chi connectivity index (χ4v) is 2.80. The van der Waals surface area contributed by atoms with E-state index >= 15 is 0 Å². The van der Waals surface area contributed by atoms with Gasteiger partial charge in [-0.15, -0.1) is 0 Å². The molecule has 2 heterocycles. The van der Waals surface area contributed by atoms with Crippen LogP contribution in [0, 0.1) is 0 Å². The van der Waals surface area contributed by atoms with E-state index in [4.69, 9.17) is 13.9 Å². The molecule has 4 rings (SSSR count). The first-order valence-electron chi connectivity index (χ1n) is 8.61. The molecule has 0 fully saturated rings. The van der Waals surface area contributed by atoms with E-state index in [0.29, 0.717) is 42.6 Å². The first-order chi connectivity index (χ1) is 12.8. The number of rotatable bonds is 4. The number of hydrogen-bond donors (Lipinski definition) is 1. The maximum Gasteiger partial charge on any atom is 0.251 e. The lowest BCUT2D eigenvalue weighted by Gasteiger charge is -2.09. The summed E-state index contributed by atoms with van der Waals surface area (Å²) in [4.78, 5) is 12.4. The molecule has 0 bridgehead atoms. The van der Waals surface area contributed by atoms with Crippen LogP contribution in [0.1, 0.15) is 22.5 Å². The van der Waals surface area contributed by atoms with Crippen LogP contribution in [-0.4, -0.2) is 19.1 Å². The van der Waals surface area contributed by atoms with Crippen molar-refractivity contribution in [2.24, 2.45) is 0 Å². The minimum atomic E-state index is -0.182. The molecule has 3 aromatic rings. The molecule has 0 saturated heterocycles. The van der Waals surface area contributed by atoms with E-state index in [1.165, 1.54) is 0 Å². The smallest absolute Gasteiger partial charge is 0.251 e. The lowest BCUT2D eigenvalue weighted by atomic mass is 10.2. The van der Waals surface area contributed by atoms with Gasteiger partial charge in [-0.2, -0.15) is 0 Å². The van der Waals surface area contributed by atoms with Crippen LogP contribution in [0.4, 0.5) is 0 Å². The number of fused-ring (bicyclic) bond motifs is 1. The summed E-state index contributed by atoms with van der Waals surface area (Å²) in [5, 5.41) is 2.87. The average molecular weight is 349 g/mol. The summed E-state index contributed by atoms with van der Waals surface area (Å²) in [5.41, 5.74) is 1.54. The van der Waals surface area contributed by atoms with Crippen LogP contribution in [-0.2, 0) is 6.54 Å². The van der Waals surface area contributed by atoms with Crippen molar-refractivity contribution >= 4 is 5.91 Å². The van der Waals surface area contributed by atoms with Crippen LogP contribution in [0.25, 0.3) is 11.3 Å². The van der Waals surface area contributed by atoms with E-state index in [2.05, 4.69) is 5.32 Å². The van der Waals surface area contributed by atoms with Crippen LogP contribution >= 0.6 is 0 Å². The highest BCUT2D eigenvalue weighted by molar-refractivity contribution is 5.94. The topological polar surface area (TPSA) is 60.7 Å². The van der Waals surface area contributed by atoms with Crippen LogP contribution in [0.3, 0.4) is 0 Å². The zero-order valence-electron chi connectivity index (χ0n) is 14.2. The van der Waals surface area contributed by atoms with Crippen molar-refractivity contribution in [2.75, 3.05) is 13.2 Å². The molecule has 5 nitrogen and oxygen atoms in total. The van der Waals surface area contributed by atoms with Crippen molar-refractivity contribution in [2.45, 2.75) is 13.0 Å². The Morgan fingerprint density at radius 1 is 0.923 bits per heavy atom. The monoisotopic (exact) mass is 349 g/mol. The fraction of sp³-hybridized carbons (Fsp3) is 0.190. The molecule has 0 atom stereocenters. The second-order valence-electron chi connectivity index (χ2n) is 6.03. The van der Waals surface area contributed by atoms with Crippen molar-refractivity contribution in [1.82, 2.24) is 5.32 Å². The highest BCUT2D eigenvalue weighted by Crippen LogP contribution is 2.30. The first kappa shape index (κ1) is 16.3. The second kappa shape index (κ2) is 7.35. The van der Waals surface area contributed by atoms with E-state index in [0.717, 1.165) is 17.7 Å². The van der Waals surface area contributed by atoms with Crippen molar-refractivity contribution in [1.29, 1.82) is 0 Å². The minimum absolute atomic E-state index is 0.182. The molecule has 5 heteroatoms. The molecular formula is C21H19NO4. The Bertz CT molecular complexity index is 901. The predicted molar refractivity (Wildman–Crippen MR) is 97.4 cm³/mol. The zero-order chi connectivity index (χ0) is 17.8. The van der Waals surface area contributed by atoms with Gasteiger partial charge in [-0.3, -0.25) is 4.79 Å². The van der Waals surface area contributed by atoms with E-state index in [9.17, 15) is 4.79 Å². The van der Waals surface area contributed by atoms with Gasteiger partial charge in [-0.1, -0.05) is 30.3 Å². The quantitative estimate of drug-likeness (QED) is 0.772. The Morgan fingerprint density at radius 3 is 2.58 bits per heavy atom. The average Bonchev–Trinajstić information content (AvgIpc) is 3.04. The molecule has 2 aromatic carbocycles. The summed E-state index contributed by atoms with van der Waals surface area (Å²) in [6.07, 6.45) is 0.832. The van der Waals surface area contributed by atoms with Gasteiger partial charge < -0.3 is 19.2 Å². The summed E-state index contributed by atoms with van der Waals surface area (Å²) in [6, 6.07) is 18.9. The molecule has 0 aliphatic carbocycles. The molecule has 1 aromatic heterocycles. The number of hydrogen-bond acceptors (Lipinski definition) is 4. The van der Waals surface area contributed by atoms with Gasteiger partial charge in [-0.05, 0) is 30.3 Å². The Kier molecular flexibility index (Phi) is 4.60.